The quantitative estimate of drug-likeness (QED) is 0.615. The summed E-state index contributed by atoms with van der Waals surface area (Å²) >= 11 is 5.91. The number of hydrogen-bond donors (Lipinski definition) is 0. The highest BCUT2D eigenvalue weighted by Crippen LogP contribution is 2.18. The van der Waals surface area contributed by atoms with Gasteiger partial charge in [0.25, 0.3) is 0 Å². The molecule has 0 bridgehead atoms. The molecule has 3 rings (SSSR count). The largest absolute Gasteiger partial charge is 0.328 e. The van der Waals surface area contributed by atoms with Crippen LogP contribution in [0.4, 0.5) is 0 Å². The lowest BCUT2D eigenvalue weighted by Crippen LogP contribution is -2.05. The van der Waals surface area contributed by atoms with Gasteiger partial charge in [-0.05, 0) is 30.5 Å². The average Bonchev–Trinajstić information content (AvgIpc) is 2.87. The summed E-state index contributed by atoms with van der Waals surface area (Å²) < 4.78 is 2.32. The van der Waals surface area contributed by atoms with Gasteiger partial charge in [-0.2, -0.15) is 0 Å². The summed E-state index contributed by atoms with van der Waals surface area (Å²) in [5, 5.41) is 0. The molecule has 0 aliphatic rings. The third-order valence-corrected chi connectivity index (χ3v) is 3.93. The van der Waals surface area contributed by atoms with Gasteiger partial charge < -0.3 is 4.57 Å². The number of benzene rings is 2. The van der Waals surface area contributed by atoms with Crippen LogP contribution in [0.25, 0.3) is 11.0 Å². The van der Waals surface area contributed by atoms with E-state index in [1.165, 1.54) is 11.1 Å². The number of aryl methyl sites for hydroxylation is 3. The first-order chi connectivity index (χ1) is 10.4. The molecule has 2 nitrogen and oxygen atoms in total. The number of aromatic nitrogens is 2. The zero-order valence-electron chi connectivity index (χ0n) is 12.0. The van der Waals surface area contributed by atoms with Crippen LogP contribution in [0.2, 0.25) is 0 Å². The molecule has 0 radical (unpaired) electrons. The molecule has 1 heterocycles. The van der Waals surface area contributed by atoms with E-state index in [1.54, 1.807) is 0 Å². The maximum absolute atomic E-state index is 5.91. The van der Waals surface area contributed by atoms with E-state index in [0.717, 1.165) is 37.1 Å². The van der Waals surface area contributed by atoms with E-state index >= 15 is 0 Å². The molecule has 0 amide bonds. The minimum absolute atomic E-state index is 0.613. The molecule has 0 aliphatic heterocycles. The summed E-state index contributed by atoms with van der Waals surface area (Å²) in [7, 11) is 0. The van der Waals surface area contributed by atoms with Crippen molar-refractivity contribution in [1.82, 2.24) is 9.55 Å². The van der Waals surface area contributed by atoms with E-state index in [2.05, 4.69) is 53.1 Å². The Labute approximate surface area is 130 Å². The predicted molar refractivity (Wildman–Crippen MR) is 88.9 cm³/mol. The molecular weight excluding hydrogens is 280 g/mol. The first-order valence-electron chi connectivity index (χ1n) is 7.42. The SMILES string of the molecule is ClCCc1nc2ccccc2n1CCCc1ccccc1. The lowest BCUT2D eigenvalue weighted by atomic mass is 10.1. The Hall–Kier alpha value is -1.80. The highest BCUT2D eigenvalue weighted by atomic mass is 35.5. The highest BCUT2D eigenvalue weighted by Gasteiger charge is 2.09. The van der Waals surface area contributed by atoms with Crippen molar-refractivity contribution >= 4 is 22.6 Å². The fourth-order valence-corrected chi connectivity index (χ4v) is 2.91. The van der Waals surface area contributed by atoms with Crippen molar-refractivity contribution in [3.63, 3.8) is 0 Å². The number of para-hydroxylation sites is 2. The number of hydrogen-bond acceptors (Lipinski definition) is 1. The summed E-state index contributed by atoms with van der Waals surface area (Å²) in [6.07, 6.45) is 3.02. The van der Waals surface area contributed by atoms with Gasteiger partial charge in [0.15, 0.2) is 0 Å². The topological polar surface area (TPSA) is 17.8 Å². The second-order valence-corrected chi connectivity index (χ2v) is 5.57. The minimum Gasteiger partial charge on any atom is -0.328 e. The van der Waals surface area contributed by atoms with E-state index in [-0.39, 0.29) is 0 Å². The maximum Gasteiger partial charge on any atom is 0.111 e. The van der Waals surface area contributed by atoms with Gasteiger partial charge in [-0.25, -0.2) is 4.98 Å². The lowest BCUT2D eigenvalue weighted by Gasteiger charge is -2.08. The molecule has 21 heavy (non-hydrogen) atoms. The second-order valence-electron chi connectivity index (χ2n) is 5.20. The van der Waals surface area contributed by atoms with Crippen molar-refractivity contribution in [2.24, 2.45) is 0 Å². The molecule has 1 aromatic heterocycles. The number of fused-ring (bicyclic) bond motifs is 1. The molecule has 108 valence electrons. The molecular formula is C18H19ClN2. The predicted octanol–water partition coefficient (Wildman–Crippen LogP) is 4.45. The highest BCUT2D eigenvalue weighted by molar-refractivity contribution is 6.17. The molecule has 0 saturated heterocycles. The lowest BCUT2D eigenvalue weighted by molar-refractivity contribution is 0.629. The van der Waals surface area contributed by atoms with E-state index in [0.29, 0.717) is 5.88 Å². The number of imidazole rings is 1. The van der Waals surface area contributed by atoms with Crippen LogP contribution < -0.4 is 0 Å². The zero-order chi connectivity index (χ0) is 14.5. The van der Waals surface area contributed by atoms with Gasteiger partial charge in [0.05, 0.1) is 11.0 Å². The van der Waals surface area contributed by atoms with Gasteiger partial charge in [0, 0.05) is 18.8 Å². The molecule has 0 saturated carbocycles. The van der Waals surface area contributed by atoms with Gasteiger partial charge in [-0.3, -0.25) is 0 Å². The first kappa shape index (κ1) is 14.2. The summed E-state index contributed by atoms with van der Waals surface area (Å²) in [6.45, 7) is 0.988. The van der Waals surface area contributed by atoms with E-state index in [4.69, 9.17) is 16.6 Å². The fraction of sp³-hybridized carbons (Fsp3) is 0.278. The van der Waals surface area contributed by atoms with Crippen LogP contribution in [0.15, 0.2) is 54.6 Å². The summed E-state index contributed by atoms with van der Waals surface area (Å²) in [6, 6.07) is 18.9. The fourth-order valence-electron chi connectivity index (χ4n) is 2.74. The monoisotopic (exact) mass is 298 g/mol. The molecule has 0 N–H and O–H groups in total. The van der Waals surface area contributed by atoms with Crippen LogP contribution in [0, 0.1) is 0 Å². The van der Waals surface area contributed by atoms with E-state index < -0.39 is 0 Å². The van der Waals surface area contributed by atoms with Gasteiger partial charge in [-0.1, -0.05) is 42.5 Å². The number of nitrogens with zero attached hydrogens (tertiary/aromatic N) is 2. The first-order valence-corrected chi connectivity index (χ1v) is 7.96. The standard InChI is InChI=1S/C18H19ClN2/c19-13-12-18-20-16-10-4-5-11-17(16)21(18)14-6-9-15-7-2-1-3-8-15/h1-5,7-8,10-11H,6,9,12-14H2. The maximum atomic E-state index is 5.91. The van der Waals surface area contributed by atoms with Gasteiger partial charge in [-0.15, -0.1) is 11.6 Å². The van der Waals surface area contributed by atoms with E-state index in [9.17, 15) is 0 Å². The molecule has 0 spiro atoms. The summed E-state index contributed by atoms with van der Waals surface area (Å²) in [5.41, 5.74) is 3.67. The van der Waals surface area contributed by atoms with Crippen molar-refractivity contribution < 1.29 is 0 Å². The van der Waals surface area contributed by atoms with E-state index in [1.807, 2.05) is 6.07 Å². The Bertz CT molecular complexity index is 704. The van der Waals surface area contributed by atoms with Crippen LogP contribution in [0.3, 0.4) is 0 Å². The molecule has 3 heteroatoms. The number of rotatable bonds is 6. The molecule has 0 unspecified atom stereocenters. The second kappa shape index (κ2) is 6.77. The Morgan fingerprint density at radius 1 is 0.905 bits per heavy atom. The Morgan fingerprint density at radius 2 is 1.67 bits per heavy atom. The van der Waals surface area contributed by atoms with Crippen molar-refractivity contribution in [2.45, 2.75) is 25.8 Å². The Balaban J connectivity index is 1.77. The molecule has 0 fully saturated rings. The van der Waals surface area contributed by atoms with Crippen molar-refractivity contribution in [3.05, 3.63) is 66.0 Å². The van der Waals surface area contributed by atoms with Crippen LogP contribution >= 0.6 is 11.6 Å². The van der Waals surface area contributed by atoms with Crippen LogP contribution in [-0.2, 0) is 19.4 Å². The van der Waals surface area contributed by atoms with Crippen LogP contribution in [0.5, 0.6) is 0 Å². The van der Waals surface area contributed by atoms with Gasteiger partial charge >= 0.3 is 0 Å². The molecule has 0 atom stereocenters. The molecule has 3 aromatic rings. The third kappa shape index (κ3) is 3.27. The van der Waals surface area contributed by atoms with Crippen molar-refractivity contribution in [2.75, 3.05) is 5.88 Å². The number of alkyl halides is 1. The molecule has 0 aliphatic carbocycles. The minimum atomic E-state index is 0.613. The number of halogens is 1. The van der Waals surface area contributed by atoms with Crippen molar-refractivity contribution in [3.8, 4) is 0 Å². The van der Waals surface area contributed by atoms with Crippen LogP contribution in [-0.4, -0.2) is 15.4 Å². The Kier molecular flexibility index (Phi) is 4.56. The zero-order valence-corrected chi connectivity index (χ0v) is 12.8. The average molecular weight is 299 g/mol. The smallest absolute Gasteiger partial charge is 0.111 e. The van der Waals surface area contributed by atoms with Gasteiger partial charge in [0.2, 0.25) is 0 Å². The molecule has 2 aromatic carbocycles. The third-order valence-electron chi connectivity index (χ3n) is 3.74. The van der Waals surface area contributed by atoms with Crippen LogP contribution in [0.1, 0.15) is 17.8 Å². The van der Waals surface area contributed by atoms with Gasteiger partial charge in [0.1, 0.15) is 5.82 Å². The Morgan fingerprint density at radius 3 is 2.48 bits per heavy atom. The van der Waals surface area contributed by atoms with Crippen molar-refractivity contribution in [1.29, 1.82) is 0 Å². The summed E-state index contributed by atoms with van der Waals surface area (Å²) in [4.78, 5) is 4.71. The summed E-state index contributed by atoms with van der Waals surface area (Å²) in [5.74, 6) is 1.71. The normalized spacial score (nSPS) is 11.1.